The van der Waals surface area contributed by atoms with Crippen molar-refractivity contribution in [2.24, 2.45) is 5.73 Å². The summed E-state index contributed by atoms with van der Waals surface area (Å²) >= 11 is 1.50. The molecular weight excluding hydrogens is 278 g/mol. The van der Waals surface area contributed by atoms with E-state index in [0.29, 0.717) is 18.1 Å². The van der Waals surface area contributed by atoms with Crippen molar-refractivity contribution >= 4 is 33.4 Å². The Labute approximate surface area is 110 Å². The number of amides is 2. The first-order valence-electron chi connectivity index (χ1n) is 5.39. The smallest absolute Gasteiger partial charge is 0.243 e. The second-order valence-electron chi connectivity index (χ2n) is 3.93. The van der Waals surface area contributed by atoms with Gasteiger partial charge in [0.15, 0.2) is 9.84 Å². The maximum atomic E-state index is 11.9. The number of sulfone groups is 1. The lowest BCUT2D eigenvalue weighted by molar-refractivity contribution is -0.132. The lowest BCUT2D eigenvalue weighted by Crippen LogP contribution is -2.53. The van der Waals surface area contributed by atoms with Crippen molar-refractivity contribution in [1.82, 2.24) is 10.2 Å². The topological polar surface area (TPSA) is 110 Å². The molecule has 0 spiro atoms. The molecule has 3 N–H and O–H groups in total. The summed E-state index contributed by atoms with van der Waals surface area (Å²) in [6.07, 6.45) is 1.11. The summed E-state index contributed by atoms with van der Waals surface area (Å²) in [6, 6.07) is 0. The Morgan fingerprint density at radius 2 is 2.17 bits per heavy atom. The minimum atomic E-state index is -3.32. The highest BCUT2D eigenvalue weighted by atomic mass is 32.2. The Kier molecular flexibility index (Phi) is 5.42. The van der Waals surface area contributed by atoms with E-state index >= 15 is 0 Å². The fourth-order valence-corrected chi connectivity index (χ4v) is 4.41. The summed E-state index contributed by atoms with van der Waals surface area (Å²) in [6.45, 7) is -0.0366. The molecule has 9 heteroatoms. The molecule has 0 bridgehead atoms. The number of nitrogens with two attached hydrogens (primary N) is 1. The average Bonchev–Trinajstić information content (AvgIpc) is 2.34. The van der Waals surface area contributed by atoms with E-state index in [1.165, 1.54) is 16.7 Å². The molecule has 1 heterocycles. The van der Waals surface area contributed by atoms with E-state index in [1.54, 1.807) is 0 Å². The molecule has 104 valence electrons. The van der Waals surface area contributed by atoms with E-state index in [0.717, 1.165) is 6.26 Å². The van der Waals surface area contributed by atoms with Crippen LogP contribution in [-0.4, -0.2) is 67.9 Å². The number of carbonyl (C=O) groups excluding carboxylic acids is 2. The van der Waals surface area contributed by atoms with E-state index in [4.69, 9.17) is 5.73 Å². The summed E-state index contributed by atoms with van der Waals surface area (Å²) < 4.78 is 23.2. The fourth-order valence-electron chi connectivity index (χ4n) is 1.57. The summed E-state index contributed by atoms with van der Waals surface area (Å²) in [5.74, 6) is 0.232. The molecule has 1 rings (SSSR count). The van der Waals surface area contributed by atoms with Crippen molar-refractivity contribution < 1.29 is 18.0 Å². The number of hydrogen-bond acceptors (Lipinski definition) is 6. The van der Waals surface area contributed by atoms with Gasteiger partial charge in [0.25, 0.3) is 0 Å². The lowest BCUT2D eigenvalue weighted by atomic mass is 10.4. The highest BCUT2D eigenvalue weighted by Gasteiger charge is 2.33. The summed E-state index contributed by atoms with van der Waals surface area (Å²) in [5, 5.41) is 1.54. The van der Waals surface area contributed by atoms with Crippen LogP contribution in [0.4, 0.5) is 0 Å². The average molecular weight is 295 g/mol. The monoisotopic (exact) mass is 295 g/mol. The molecule has 0 saturated carbocycles. The van der Waals surface area contributed by atoms with Gasteiger partial charge in [0.1, 0.15) is 5.37 Å². The summed E-state index contributed by atoms with van der Waals surface area (Å²) in [7, 11) is -3.32. The number of thioether (sulfide) groups is 1. The minimum Gasteiger partial charge on any atom is -0.346 e. The van der Waals surface area contributed by atoms with Crippen molar-refractivity contribution in [2.45, 2.75) is 5.37 Å². The first-order chi connectivity index (χ1) is 8.36. The molecule has 7 nitrogen and oxygen atoms in total. The molecule has 1 fully saturated rings. The van der Waals surface area contributed by atoms with Crippen LogP contribution in [0.15, 0.2) is 0 Å². The molecule has 2 amide bonds. The summed E-state index contributed by atoms with van der Waals surface area (Å²) in [4.78, 5) is 24.1. The molecule has 1 atom stereocenters. The van der Waals surface area contributed by atoms with Crippen molar-refractivity contribution in [3.05, 3.63) is 0 Å². The van der Waals surface area contributed by atoms with Crippen molar-refractivity contribution in [2.75, 3.05) is 37.4 Å². The van der Waals surface area contributed by atoms with Crippen LogP contribution in [0.5, 0.6) is 0 Å². The third kappa shape index (κ3) is 4.14. The Morgan fingerprint density at radius 1 is 1.50 bits per heavy atom. The Balaban J connectivity index is 2.66. The number of hydrogen-bond donors (Lipinski definition) is 2. The highest BCUT2D eigenvalue weighted by Crippen LogP contribution is 2.20. The zero-order valence-corrected chi connectivity index (χ0v) is 11.7. The predicted molar refractivity (Wildman–Crippen MR) is 69.7 cm³/mol. The third-order valence-corrected chi connectivity index (χ3v) is 5.16. The number of carbonyl (C=O) groups is 2. The van der Waals surface area contributed by atoms with Crippen LogP contribution in [0.3, 0.4) is 0 Å². The van der Waals surface area contributed by atoms with Gasteiger partial charge in [-0.25, -0.2) is 8.42 Å². The van der Waals surface area contributed by atoms with Crippen LogP contribution >= 0.6 is 11.8 Å². The van der Waals surface area contributed by atoms with Crippen molar-refractivity contribution in [1.29, 1.82) is 0 Å². The molecule has 1 unspecified atom stereocenters. The van der Waals surface area contributed by atoms with Gasteiger partial charge < -0.3 is 16.0 Å². The molecule has 0 aliphatic carbocycles. The molecule has 0 radical (unpaired) electrons. The van der Waals surface area contributed by atoms with Crippen LogP contribution in [-0.2, 0) is 19.4 Å². The lowest BCUT2D eigenvalue weighted by Gasteiger charge is -2.34. The molecule has 1 saturated heterocycles. The van der Waals surface area contributed by atoms with Crippen LogP contribution in [0.1, 0.15) is 0 Å². The van der Waals surface area contributed by atoms with Crippen molar-refractivity contribution in [3.63, 3.8) is 0 Å². The first kappa shape index (κ1) is 15.3. The van der Waals surface area contributed by atoms with Gasteiger partial charge in [-0.1, -0.05) is 0 Å². The minimum absolute atomic E-state index is 0.196. The highest BCUT2D eigenvalue weighted by molar-refractivity contribution is 8.00. The van der Waals surface area contributed by atoms with Gasteiger partial charge in [-0.2, -0.15) is 11.8 Å². The van der Waals surface area contributed by atoms with Gasteiger partial charge in [-0.05, 0) is 0 Å². The molecular formula is C9H17N3O4S2. The maximum Gasteiger partial charge on any atom is 0.243 e. The molecule has 1 aliphatic heterocycles. The third-order valence-electron chi connectivity index (χ3n) is 2.52. The maximum absolute atomic E-state index is 11.9. The zero-order chi connectivity index (χ0) is 13.8. The van der Waals surface area contributed by atoms with Crippen LogP contribution in [0.25, 0.3) is 0 Å². The van der Waals surface area contributed by atoms with E-state index in [-0.39, 0.29) is 13.1 Å². The van der Waals surface area contributed by atoms with Gasteiger partial charge in [-0.15, -0.1) is 0 Å². The second kappa shape index (κ2) is 6.39. The van der Waals surface area contributed by atoms with E-state index < -0.39 is 27.0 Å². The van der Waals surface area contributed by atoms with Gasteiger partial charge >= 0.3 is 0 Å². The molecule has 18 heavy (non-hydrogen) atoms. The number of nitrogens with one attached hydrogen (secondary N) is 1. The second-order valence-corrected chi connectivity index (χ2v) is 7.28. The summed E-state index contributed by atoms with van der Waals surface area (Å²) in [5.41, 5.74) is 5.10. The van der Waals surface area contributed by atoms with Gasteiger partial charge in [-0.3, -0.25) is 9.59 Å². The Bertz CT molecular complexity index is 424. The fraction of sp³-hybridized carbons (Fsp3) is 0.778. The molecule has 1 aliphatic rings. The number of nitrogens with zero attached hydrogens (tertiary/aromatic N) is 1. The Hall–Kier alpha value is -0.800. The van der Waals surface area contributed by atoms with Gasteiger partial charge in [0, 0.05) is 24.3 Å². The van der Waals surface area contributed by atoms with Crippen molar-refractivity contribution in [3.8, 4) is 0 Å². The first-order valence-corrected chi connectivity index (χ1v) is 8.50. The van der Waals surface area contributed by atoms with E-state index in [2.05, 4.69) is 5.32 Å². The quantitative estimate of drug-likeness (QED) is 0.621. The molecule has 0 aromatic heterocycles. The largest absolute Gasteiger partial charge is 0.346 e. The molecule has 0 aromatic rings. The van der Waals surface area contributed by atoms with Crippen LogP contribution in [0.2, 0.25) is 0 Å². The predicted octanol–water partition coefficient (Wildman–Crippen LogP) is -1.99. The normalized spacial score (nSPS) is 20.6. The zero-order valence-electron chi connectivity index (χ0n) is 10.1. The van der Waals surface area contributed by atoms with Crippen LogP contribution < -0.4 is 11.1 Å². The van der Waals surface area contributed by atoms with E-state index in [1.807, 2.05) is 0 Å². The number of rotatable bonds is 4. The Morgan fingerprint density at radius 3 is 2.72 bits per heavy atom. The SMILES string of the molecule is CS(=O)(=O)C1CSCCN1C(=O)CNC(=O)CN. The van der Waals surface area contributed by atoms with Gasteiger partial charge in [0.2, 0.25) is 11.8 Å². The van der Waals surface area contributed by atoms with E-state index in [9.17, 15) is 18.0 Å². The standard InChI is InChI=1S/C9H17N3O4S2/c1-18(15,16)9-6-17-3-2-12(9)8(14)5-11-7(13)4-10/h9H,2-6,10H2,1H3,(H,11,13). The van der Waals surface area contributed by atoms with Crippen LogP contribution in [0, 0.1) is 0 Å². The molecule has 0 aromatic carbocycles. The van der Waals surface area contributed by atoms with Gasteiger partial charge in [0.05, 0.1) is 13.1 Å².